The Morgan fingerprint density at radius 3 is 2.84 bits per heavy atom. The number of aliphatic hydroxyl groups is 1. The summed E-state index contributed by atoms with van der Waals surface area (Å²) in [5.74, 6) is 0.369. The highest BCUT2D eigenvalue weighted by molar-refractivity contribution is 7.15. The topological polar surface area (TPSA) is 87.1 Å². The van der Waals surface area contributed by atoms with Gasteiger partial charge in [0.15, 0.2) is 0 Å². The summed E-state index contributed by atoms with van der Waals surface area (Å²) in [4.78, 5) is 11.9. The zero-order valence-corrected chi connectivity index (χ0v) is 12.1. The van der Waals surface area contributed by atoms with Crippen molar-refractivity contribution in [3.63, 3.8) is 0 Å². The van der Waals surface area contributed by atoms with Crippen LogP contribution in [0.3, 0.4) is 0 Å². The number of nitrogens with one attached hydrogen (secondary N) is 2. The lowest BCUT2D eigenvalue weighted by Gasteiger charge is -2.28. The Kier molecular flexibility index (Phi) is 4.36. The summed E-state index contributed by atoms with van der Waals surface area (Å²) in [5.41, 5.74) is -0.541. The van der Waals surface area contributed by atoms with Crippen molar-refractivity contribution in [3.8, 4) is 0 Å². The van der Waals surface area contributed by atoms with E-state index in [-0.39, 0.29) is 12.6 Å². The summed E-state index contributed by atoms with van der Waals surface area (Å²) in [7, 11) is 0. The van der Waals surface area contributed by atoms with Gasteiger partial charge in [-0.25, -0.2) is 4.79 Å². The number of aromatic nitrogens is 2. The molecule has 7 heteroatoms. The second-order valence-corrected chi connectivity index (χ2v) is 6.24. The van der Waals surface area contributed by atoms with Gasteiger partial charge in [-0.3, -0.25) is 5.32 Å². The molecule has 0 saturated heterocycles. The highest BCUT2D eigenvalue weighted by Crippen LogP contribution is 2.39. The number of aliphatic hydroxyl groups excluding tert-OH is 1. The molecule has 2 amide bonds. The standard InChI is InChI=1S/C12H20N4O2S/c1-3-4-9-15-16-11(19-9)13-10(18)14-12(2,7-17)8-5-6-8/h8,17H,3-7H2,1-2H3,(H2,13,14,16,18). The van der Waals surface area contributed by atoms with Crippen molar-refractivity contribution < 1.29 is 9.90 Å². The van der Waals surface area contributed by atoms with Gasteiger partial charge in [0, 0.05) is 6.42 Å². The molecule has 1 aliphatic carbocycles. The highest BCUT2D eigenvalue weighted by Gasteiger charge is 2.42. The van der Waals surface area contributed by atoms with Crippen molar-refractivity contribution in [1.29, 1.82) is 0 Å². The van der Waals surface area contributed by atoms with E-state index in [1.165, 1.54) is 11.3 Å². The van der Waals surface area contributed by atoms with Crippen molar-refractivity contribution in [2.75, 3.05) is 11.9 Å². The number of hydrogen-bond acceptors (Lipinski definition) is 5. The third-order valence-corrected chi connectivity index (χ3v) is 4.26. The molecule has 1 heterocycles. The van der Waals surface area contributed by atoms with Crippen molar-refractivity contribution in [1.82, 2.24) is 15.5 Å². The number of hydrogen-bond donors (Lipinski definition) is 3. The highest BCUT2D eigenvalue weighted by atomic mass is 32.1. The summed E-state index contributed by atoms with van der Waals surface area (Å²) in [6, 6.07) is -0.331. The predicted molar refractivity (Wildman–Crippen MR) is 74.3 cm³/mol. The third-order valence-electron chi connectivity index (χ3n) is 3.36. The van der Waals surface area contributed by atoms with Crippen LogP contribution < -0.4 is 10.6 Å². The lowest BCUT2D eigenvalue weighted by Crippen LogP contribution is -2.52. The Bertz CT molecular complexity index is 447. The van der Waals surface area contributed by atoms with Crippen LogP contribution in [0, 0.1) is 5.92 Å². The molecule has 1 aromatic heterocycles. The van der Waals surface area contributed by atoms with E-state index in [0.717, 1.165) is 30.7 Å². The normalized spacial score (nSPS) is 17.8. The van der Waals surface area contributed by atoms with Gasteiger partial charge >= 0.3 is 6.03 Å². The van der Waals surface area contributed by atoms with E-state index >= 15 is 0 Å². The molecule has 0 aromatic carbocycles. The Labute approximate surface area is 116 Å². The van der Waals surface area contributed by atoms with Crippen LogP contribution in [0.5, 0.6) is 0 Å². The van der Waals surface area contributed by atoms with Crippen LogP contribution in [0.2, 0.25) is 0 Å². The van der Waals surface area contributed by atoms with E-state index in [1.54, 1.807) is 0 Å². The number of urea groups is 1. The fraction of sp³-hybridized carbons (Fsp3) is 0.750. The average molecular weight is 284 g/mol. The molecule has 1 saturated carbocycles. The molecule has 1 atom stereocenters. The molecule has 3 N–H and O–H groups in total. The first-order chi connectivity index (χ1) is 9.07. The van der Waals surface area contributed by atoms with E-state index in [1.807, 2.05) is 6.92 Å². The minimum absolute atomic E-state index is 0.0533. The molecule has 106 valence electrons. The fourth-order valence-electron chi connectivity index (χ4n) is 2.00. The molecule has 0 bridgehead atoms. The summed E-state index contributed by atoms with van der Waals surface area (Å²) in [6.45, 7) is 3.89. The molecular formula is C12H20N4O2S. The molecule has 0 spiro atoms. The van der Waals surface area contributed by atoms with Gasteiger partial charge in [0.25, 0.3) is 0 Å². The second-order valence-electron chi connectivity index (χ2n) is 5.18. The van der Waals surface area contributed by atoms with Crippen molar-refractivity contribution in [2.45, 2.75) is 45.1 Å². The van der Waals surface area contributed by atoms with E-state index in [4.69, 9.17) is 0 Å². The molecule has 0 aliphatic heterocycles. The van der Waals surface area contributed by atoms with Crippen molar-refractivity contribution in [3.05, 3.63) is 5.01 Å². The fourth-order valence-corrected chi connectivity index (χ4v) is 2.83. The number of carbonyl (C=O) groups is 1. The van der Waals surface area contributed by atoms with Crippen LogP contribution >= 0.6 is 11.3 Å². The number of carbonyl (C=O) groups excluding carboxylic acids is 1. The number of anilines is 1. The quantitative estimate of drug-likeness (QED) is 0.743. The number of amides is 2. The summed E-state index contributed by atoms with van der Waals surface area (Å²) in [5, 5.41) is 24.3. The molecule has 1 fully saturated rings. The van der Waals surface area contributed by atoms with Gasteiger partial charge in [-0.15, -0.1) is 10.2 Å². The smallest absolute Gasteiger partial charge is 0.321 e. The first-order valence-corrected chi connectivity index (χ1v) is 7.41. The van der Waals surface area contributed by atoms with Crippen LogP contribution in [-0.2, 0) is 6.42 Å². The van der Waals surface area contributed by atoms with Gasteiger partial charge in [0.05, 0.1) is 12.1 Å². The molecule has 2 rings (SSSR count). The van der Waals surface area contributed by atoms with E-state index in [9.17, 15) is 9.90 Å². The van der Waals surface area contributed by atoms with Gasteiger partial charge < -0.3 is 10.4 Å². The maximum Gasteiger partial charge on any atom is 0.321 e. The number of rotatable bonds is 6. The Balaban J connectivity index is 1.89. The van der Waals surface area contributed by atoms with Crippen LogP contribution in [0.15, 0.2) is 0 Å². The maximum absolute atomic E-state index is 11.9. The van der Waals surface area contributed by atoms with Gasteiger partial charge in [0.1, 0.15) is 5.01 Å². The zero-order valence-electron chi connectivity index (χ0n) is 11.3. The second kappa shape index (κ2) is 5.83. The Morgan fingerprint density at radius 1 is 1.53 bits per heavy atom. The summed E-state index contributed by atoms with van der Waals surface area (Å²) >= 11 is 1.39. The number of nitrogens with zero attached hydrogens (tertiary/aromatic N) is 2. The Hall–Kier alpha value is -1.21. The molecule has 1 aromatic rings. The monoisotopic (exact) mass is 284 g/mol. The lowest BCUT2D eigenvalue weighted by atomic mass is 9.97. The van der Waals surface area contributed by atoms with E-state index in [2.05, 4.69) is 27.8 Å². The van der Waals surface area contributed by atoms with Crippen molar-refractivity contribution >= 4 is 22.5 Å². The number of aryl methyl sites for hydroxylation is 1. The van der Waals surface area contributed by atoms with Crippen LogP contribution in [0.25, 0.3) is 0 Å². The largest absolute Gasteiger partial charge is 0.394 e. The summed E-state index contributed by atoms with van der Waals surface area (Å²) < 4.78 is 0. The zero-order chi connectivity index (χ0) is 13.9. The van der Waals surface area contributed by atoms with Crippen LogP contribution in [0.1, 0.15) is 38.1 Å². The van der Waals surface area contributed by atoms with Gasteiger partial charge in [-0.05, 0) is 32.1 Å². The third kappa shape index (κ3) is 3.63. The first-order valence-electron chi connectivity index (χ1n) is 6.60. The molecular weight excluding hydrogens is 264 g/mol. The SMILES string of the molecule is CCCc1nnc(NC(=O)NC(C)(CO)C2CC2)s1. The minimum Gasteiger partial charge on any atom is -0.394 e. The molecule has 6 nitrogen and oxygen atoms in total. The Morgan fingerprint density at radius 2 is 2.26 bits per heavy atom. The minimum atomic E-state index is -0.541. The molecule has 19 heavy (non-hydrogen) atoms. The predicted octanol–water partition coefficient (Wildman–Crippen LogP) is 1.77. The lowest BCUT2D eigenvalue weighted by molar-refractivity contribution is 0.159. The molecule has 0 radical (unpaired) electrons. The molecule has 1 unspecified atom stereocenters. The maximum atomic E-state index is 11.9. The van der Waals surface area contributed by atoms with Crippen LogP contribution in [0.4, 0.5) is 9.93 Å². The van der Waals surface area contributed by atoms with Gasteiger partial charge in [-0.1, -0.05) is 18.3 Å². The molecule has 1 aliphatic rings. The van der Waals surface area contributed by atoms with E-state index in [0.29, 0.717) is 11.0 Å². The van der Waals surface area contributed by atoms with Crippen molar-refractivity contribution in [2.24, 2.45) is 5.92 Å². The first kappa shape index (κ1) is 14.2. The average Bonchev–Trinajstić information content (AvgIpc) is 3.14. The summed E-state index contributed by atoms with van der Waals surface area (Å²) in [6.07, 6.45) is 3.98. The van der Waals surface area contributed by atoms with E-state index < -0.39 is 5.54 Å². The van der Waals surface area contributed by atoms with Crippen LogP contribution in [-0.4, -0.2) is 33.5 Å². The van der Waals surface area contributed by atoms with Gasteiger partial charge in [0.2, 0.25) is 5.13 Å². The van der Waals surface area contributed by atoms with Gasteiger partial charge in [-0.2, -0.15) is 0 Å².